The first-order valence-electron chi connectivity index (χ1n) is 24.6. The van der Waals surface area contributed by atoms with Gasteiger partial charge in [0.1, 0.15) is 34.7 Å². The third kappa shape index (κ3) is 10.7. The standard InChI is InChI=1S/C30H31FO4S.C30H31FO2S/c1-18(19(2)32)30(22-8-9-22)23-10-13-29-24(14-23)15-25(17-36(29,33)34)20-4-6-21(7-5-20)27-16-26(35-3)11-12-28(27)31;1-18(19(2)32)30(22-8-9-22)23-10-13-29-24(14-23)15-25(17-34-29)20-4-6-21(7-5-20)27-16-26(33-3)11-12-28(27)31/h4-7,10-14,16,18,22,25,30H,8-9,15,17H2,1-3H3;4-7,10-14,16,18,22,25,30H,8-9,15,17H2,1-3H3/t2*18-,25?,30+/m11/s1. The molecular weight excluding hydrogens is 919 g/mol. The third-order valence-corrected chi connectivity index (χ3v) is 18.6. The highest BCUT2D eigenvalue weighted by atomic mass is 32.2. The van der Waals surface area contributed by atoms with E-state index >= 15 is 0 Å². The van der Waals surface area contributed by atoms with Crippen molar-refractivity contribution in [3.8, 4) is 33.8 Å². The molecule has 364 valence electrons. The molecule has 0 aromatic heterocycles. The van der Waals surface area contributed by atoms with Crippen LogP contribution in [0.2, 0.25) is 0 Å². The Balaban J connectivity index is 0.000000174. The van der Waals surface area contributed by atoms with Crippen molar-refractivity contribution in [2.75, 3.05) is 25.7 Å². The molecule has 2 heterocycles. The van der Waals surface area contributed by atoms with E-state index in [9.17, 15) is 26.8 Å². The summed E-state index contributed by atoms with van der Waals surface area (Å²) in [5.41, 5.74) is 9.38. The second-order valence-electron chi connectivity index (χ2n) is 20.1. The van der Waals surface area contributed by atoms with Crippen molar-refractivity contribution in [1.29, 1.82) is 0 Å². The quantitative estimate of drug-likeness (QED) is 0.107. The van der Waals surface area contributed by atoms with Gasteiger partial charge in [0.15, 0.2) is 9.84 Å². The molecule has 0 bridgehead atoms. The monoisotopic (exact) mass is 980 g/mol. The Labute approximate surface area is 416 Å². The maximum atomic E-state index is 14.4. The molecule has 6 atom stereocenters. The zero-order valence-electron chi connectivity index (χ0n) is 40.8. The Morgan fingerprint density at radius 3 is 1.51 bits per heavy atom. The van der Waals surface area contributed by atoms with Gasteiger partial charge in [-0.1, -0.05) is 86.6 Å². The summed E-state index contributed by atoms with van der Waals surface area (Å²) in [7, 11) is -0.307. The molecule has 2 unspecified atom stereocenters. The van der Waals surface area contributed by atoms with Gasteiger partial charge in [0.2, 0.25) is 0 Å². The van der Waals surface area contributed by atoms with E-state index in [-0.39, 0.29) is 52.6 Å². The van der Waals surface area contributed by atoms with E-state index in [0.717, 1.165) is 47.3 Å². The summed E-state index contributed by atoms with van der Waals surface area (Å²) in [6, 6.07) is 37.8. The van der Waals surface area contributed by atoms with Crippen LogP contribution in [0.1, 0.15) is 110 Å². The van der Waals surface area contributed by atoms with E-state index in [4.69, 9.17) is 9.47 Å². The Bertz CT molecular complexity index is 3010. The molecule has 2 aliphatic carbocycles. The number of hydrogen-bond donors (Lipinski definition) is 0. The molecule has 2 fully saturated rings. The SMILES string of the molecule is COc1ccc(F)c(-c2ccc(C3CSc4ccc([C@H](C5CC5)[C@H](C)C(C)=O)cc4C3)cc2)c1.COc1ccc(F)c(-c2ccc(C3Cc4cc([C@H](C5CC5)[C@H](C)C(C)=O)ccc4S(=O)(=O)C3)cc2)c1. The van der Waals surface area contributed by atoms with Crippen LogP contribution in [0.4, 0.5) is 8.78 Å². The van der Waals surface area contributed by atoms with Crippen LogP contribution >= 0.6 is 11.8 Å². The lowest BCUT2D eigenvalue weighted by molar-refractivity contribution is -0.121. The minimum absolute atomic E-state index is 0.0438. The Kier molecular flexibility index (Phi) is 14.6. The number of Topliss-reactive ketones (excluding diaryl/α,β-unsaturated/α-hetero) is 2. The second kappa shape index (κ2) is 20.6. The van der Waals surface area contributed by atoms with Crippen LogP contribution in [0, 0.1) is 35.3 Å². The van der Waals surface area contributed by atoms with Gasteiger partial charge in [0.05, 0.1) is 24.9 Å². The summed E-state index contributed by atoms with van der Waals surface area (Å²) in [5.74, 6) is 4.00. The molecule has 0 spiro atoms. The molecule has 2 saturated carbocycles. The second-order valence-corrected chi connectivity index (χ2v) is 23.2. The number of hydrogen-bond acceptors (Lipinski definition) is 7. The summed E-state index contributed by atoms with van der Waals surface area (Å²) in [4.78, 5) is 26.1. The number of sulfone groups is 1. The van der Waals surface area contributed by atoms with Crippen molar-refractivity contribution in [3.63, 3.8) is 0 Å². The van der Waals surface area contributed by atoms with Crippen LogP contribution in [0.15, 0.2) is 131 Å². The highest BCUT2D eigenvalue weighted by Crippen LogP contribution is 2.50. The number of carbonyl (C=O) groups is 2. The van der Waals surface area contributed by atoms with Gasteiger partial charge in [-0.3, -0.25) is 9.59 Å². The summed E-state index contributed by atoms with van der Waals surface area (Å²) >= 11 is 1.92. The zero-order valence-corrected chi connectivity index (χ0v) is 42.5. The first-order chi connectivity index (χ1) is 33.6. The summed E-state index contributed by atoms with van der Waals surface area (Å²) in [6.45, 7) is 7.44. The van der Waals surface area contributed by atoms with Gasteiger partial charge in [0.25, 0.3) is 0 Å². The largest absolute Gasteiger partial charge is 0.497 e. The van der Waals surface area contributed by atoms with Gasteiger partial charge in [-0.25, -0.2) is 17.2 Å². The van der Waals surface area contributed by atoms with Gasteiger partial charge in [-0.15, -0.1) is 11.8 Å². The van der Waals surface area contributed by atoms with Crippen LogP contribution in [0.3, 0.4) is 0 Å². The number of rotatable bonds is 14. The maximum absolute atomic E-state index is 14.4. The maximum Gasteiger partial charge on any atom is 0.179 e. The molecular formula is C60H62F2O6S2. The van der Waals surface area contributed by atoms with Crippen LogP contribution in [0.5, 0.6) is 11.5 Å². The molecule has 0 N–H and O–H groups in total. The topological polar surface area (TPSA) is 86.7 Å². The lowest BCUT2D eigenvalue weighted by atomic mass is 9.80. The van der Waals surface area contributed by atoms with E-state index < -0.39 is 9.84 Å². The molecule has 6 aromatic rings. The van der Waals surface area contributed by atoms with E-state index in [2.05, 4.69) is 37.3 Å². The minimum atomic E-state index is -3.44. The molecule has 70 heavy (non-hydrogen) atoms. The lowest BCUT2D eigenvalue weighted by Gasteiger charge is -2.28. The molecule has 6 nitrogen and oxygen atoms in total. The summed E-state index contributed by atoms with van der Waals surface area (Å²) < 4.78 is 65.8. The van der Waals surface area contributed by atoms with Crippen molar-refractivity contribution in [1.82, 2.24) is 0 Å². The molecule has 10 rings (SSSR count). The van der Waals surface area contributed by atoms with Gasteiger partial charge < -0.3 is 9.47 Å². The van der Waals surface area contributed by atoms with Gasteiger partial charge in [0, 0.05) is 39.5 Å². The summed E-state index contributed by atoms with van der Waals surface area (Å²) in [5, 5.41) is 0. The number of methoxy groups -OCH3 is 2. The fourth-order valence-corrected chi connectivity index (χ4v) is 13.9. The highest BCUT2D eigenvalue weighted by Gasteiger charge is 2.40. The van der Waals surface area contributed by atoms with Crippen molar-refractivity contribution in [3.05, 3.63) is 166 Å². The van der Waals surface area contributed by atoms with Crippen LogP contribution in [0.25, 0.3) is 22.3 Å². The number of halogens is 2. The van der Waals surface area contributed by atoms with Gasteiger partial charge in [-0.05, 0) is 175 Å². The lowest BCUT2D eigenvalue weighted by Crippen LogP contribution is -2.25. The third-order valence-electron chi connectivity index (χ3n) is 15.4. The number of ether oxygens (including phenoxy) is 2. The number of ketones is 2. The average molecular weight is 981 g/mol. The van der Waals surface area contributed by atoms with Crippen LogP contribution in [-0.4, -0.2) is 45.7 Å². The first-order valence-corrected chi connectivity index (χ1v) is 27.3. The number of thioether (sulfide) groups is 1. The Morgan fingerprint density at radius 2 is 1.04 bits per heavy atom. The predicted molar refractivity (Wildman–Crippen MR) is 276 cm³/mol. The molecule has 0 radical (unpaired) electrons. The Morgan fingerprint density at radius 1 is 0.586 bits per heavy atom. The smallest absolute Gasteiger partial charge is 0.179 e. The van der Waals surface area contributed by atoms with E-state index in [1.807, 2.05) is 67.2 Å². The number of fused-ring (bicyclic) bond motifs is 2. The zero-order chi connectivity index (χ0) is 49.4. The van der Waals surface area contributed by atoms with Gasteiger partial charge in [-0.2, -0.15) is 0 Å². The van der Waals surface area contributed by atoms with E-state index in [1.165, 1.54) is 46.6 Å². The van der Waals surface area contributed by atoms with E-state index in [1.54, 1.807) is 58.4 Å². The molecule has 4 aliphatic rings. The van der Waals surface area contributed by atoms with Crippen molar-refractivity contribution < 1.29 is 36.3 Å². The highest BCUT2D eigenvalue weighted by molar-refractivity contribution is 7.99. The predicted octanol–water partition coefficient (Wildman–Crippen LogP) is 14.0. The fourth-order valence-electron chi connectivity index (χ4n) is 10.9. The molecule has 0 saturated heterocycles. The first kappa shape index (κ1) is 49.4. The number of benzene rings is 6. The minimum Gasteiger partial charge on any atom is -0.497 e. The summed E-state index contributed by atoms with van der Waals surface area (Å²) in [6.07, 6.45) is 6.30. The number of carbonyl (C=O) groups excluding carboxylic acids is 2. The Hall–Kier alpha value is -5.58. The van der Waals surface area contributed by atoms with Crippen LogP contribution in [-0.2, 0) is 32.3 Å². The van der Waals surface area contributed by atoms with Crippen LogP contribution < -0.4 is 9.47 Å². The van der Waals surface area contributed by atoms with Crippen molar-refractivity contribution >= 4 is 33.2 Å². The van der Waals surface area contributed by atoms with Gasteiger partial charge >= 0.3 is 0 Å². The molecule has 6 aromatic carbocycles. The molecule has 0 amide bonds. The van der Waals surface area contributed by atoms with Crippen molar-refractivity contribution in [2.45, 2.75) is 99.7 Å². The average Bonchev–Trinajstić information content (AvgIpc) is 4.32. The molecule has 10 heteroatoms. The van der Waals surface area contributed by atoms with Crippen molar-refractivity contribution in [2.24, 2.45) is 23.7 Å². The fraction of sp³-hybridized carbons (Fsp3) is 0.367. The normalized spacial score (nSPS) is 19.8. The van der Waals surface area contributed by atoms with E-state index in [0.29, 0.717) is 63.2 Å². The molecule has 2 aliphatic heterocycles.